The third-order valence-corrected chi connectivity index (χ3v) is 7.04. The van der Waals surface area contributed by atoms with Gasteiger partial charge in [-0.25, -0.2) is 8.42 Å². The molecule has 6 nitrogen and oxygen atoms in total. The standard InChI is InChI=1S/C19H31N3O3S/c1-3-22(4-2)26(24,25)18-13-9-12-17(14-18)21-19(23)15-20-16-10-7-5-6-8-11-16/h9,12-14,16,20H,3-8,10-11,15H2,1-2H3,(H,21,23)/p+1. The van der Waals surface area contributed by atoms with E-state index in [0.29, 0.717) is 31.4 Å². The van der Waals surface area contributed by atoms with Crippen molar-refractivity contribution in [3.63, 3.8) is 0 Å². The average molecular weight is 383 g/mol. The lowest BCUT2D eigenvalue weighted by atomic mass is 10.1. The maximum atomic E-state index is 12.6. The summed E-state index contributed by atoms with van der Waals surface area (Å²) in [5.41, 5.74) is 0.525. The molecule has 0 atom stereocenters. The number of amides is 1. The van der Waals surface area contributed by atoms with Crippen molar-refractivity contribution in [1.29, 1.82) is 0 Å². The molecule has 1 fully saturated rings. The average Bonchev–Trinajstić information content (AvgIpc) is 2.90. The van der Waals surface area contributed by atoms with Gasteiger partial charge >= 0.3 is 0 Å². The van der Waals surface area contributed by atoms with Crippen molar-refractivity contribution < 1.29 is 18.5 Å². The molecular formula is C19H32N3O3S+. The van der Waals surface area contributed by atoms with Gasteiger partial charge in [0.25, 0.3) is 5.91 Å². The van der Waals surface area contributed by atoms with E-state index in [4.69, 9.17) is 0 Å². The Hall–Kier alpha value is -1.44. The van der Waals surface area contributed by atoms with Crippen LogP contribution in [-0.2, 0) is 14.8 Å². The van der Waals surface area contributed by atoms with Gasteiger partial charge in [0.15, 0.2) is 6.54 Å². The Morgan fingerprint density at radius 2 is 1.81 bits per heavy atom. The van der Waals surface area contributed by atoms with E-state index in [1.165, 1.54) is 48.9 Å². The summed E-state index contributed by atoms with van der Waals surface area (Å²) >= 11 is 0. The van der Waals surface area contributed by atoms with Crippen LogP contribution in [0.5, 0.6) is 0 Å². The van der Waals surface area contributed by atoms with Crippen molar-refractivity contribution in [1.82, 2.24) is 4.31 Å². The van der Waals surface area contributed by atoms with Crippen molar-refractivity contribution in [2.24, 2.45) is 0 Å². The molecule has 0 unspecified atom stereocenters. The van der Waals surface area contributed by atoms with Crippen LogP contribution in [0.2, 0.25) is 0 Å². The quantitative estimate of drug-likeness (QED) is 0.674. The Labute approximate surface area is 157 Å². The molecule has 1 aromatic rings. The van der Waals surface area contributed by atoms with Gasteiger partial charge in [-0.2, -0.15) is 4.31 Å². The summed E-state index contributed by atoms with van der Waals surface area (Å²) in [5, 5.41) is 4.95. The van der Waals surface area contributed by atoms with Gasteiger partial charge in [0.05, 0.1) is 10.9 Å². The van der Waals surface area contributed by atoms with Crippen LogP contribution in [0, 0.1) is 0 Å². The zero-order valence-corrected chi connectivity index (χ0v) is 16.7. The number of hydrogen-bond donors (Lipinski definition) is 2. The normalized spacial score (nSPS) is 16.4. The largest absolute Gasteiger partial charge is 0.336 e. The molecule has 1 aliphatic carbocycles. The molecule has 1 amide bonds. The van der Waals surface area contributed by atoms with Gasteiger partial charge in [0, 0.05) is 18.8 Å². The van der Waals surface area contributed by atoms with Crippen LogP contribution in [-0.4, -0.2) is 44.3 Å². The summed E-state index contributed by atoms with van der Waals surface area (Å²) in [5.74, 6) is -0.0911. The highest BCUT2D eigenvalue weighted by atomic mass is 32.2. The second kappa shape index (κ2) is 10.0. The highest BCUT2D eigenvalue weighted by Crippen LogP contribution is 2.19. The Bertz CT molecular complexity index is 679. The van der Waals surface area contributed by atoms with Crippen LogP contribution >= 0.6 is 0 Å². The third kappa shape index (κ3) is 5.79. The zero-order valence-electron chi connectivity index (χ0n) is 15.9. The highest BCUT2D eigenvalue weighted by Gasteiger charge is 2.22. The molecule has 26 heavy (non-hydrogen) atoms. The molecule has 1 saturated carbocycles. The Balaban J connectivity index is 1.96. The van der Waals surface area contributed by atoms with E-state index in [1.54, 1.807) is 18.2 Å². The SMILES string of the molecule is CCN(CC)S(=O)(=O)c1cccc(NC(=O)C[NH2+]C2CCCCCC2)c1. The number of rotatable bonds is 8. The van der Waals surface area contributed by atoms with E-state index < -0.39 is 10.0 Å². The predicted molar refractivity (Wildman–Crippen MR) is 103 cm³/mol. The number of nitrogens with two attached hydrogens (primary N) is 1. The molecule has 0 aliphatic heterocycles. The van der Waals surface area contributed by atoms with Crippen LogP contribution in [0.4, 0.5) is 5.69 Å². The lowest BCUT2D eigenvalue weighted by Gasteiger charge is -2.19. The first-order chi connectivity index (χ1) is 12.5. The number of benzene rings is 1. The zero-order chi connectivity index (χ0) is 19.0. The van der Waals surface area contributed by atoms with Gasteiger partial charge in [-0.3, -0.25) is 4.79 Å². The van der Waals surface area contributed by atoms with E-state index in [9.17, 15) is 13.2 Å². The minimum absolute atomic E-state index is 0.0911. The fourth-order valence-electron chi connectivity index (χ4n) is 3.48. The van der Waals surface area contributed by atoms with E-state index >= 15 is 0 Å². The molecule has 0 aromatic heterocycles. The van der Waals surface area contributed by atoms with Crippen molar-refractivity contribution in [3.8, 4) is 0 Å². The number of anilines is 1. The fourth-order valence-corrected chi connectivity index (χ4v) is 4.98. The number of carbonyl (C=O) groups excluding carboxylic acids is 1. The lowest BCUT2D eigenvalue weighted by Crippen LogP contribution is -2.91. The minimum atomic E-state index is -3.52. The number of nitrogens with zero attached hydrogens (tertiary/aromatic N) is 1. The molecule has 2 rings (SSSR count). The van der Waals surface area contributed by atoms with Gasteiger partial charge < -0.3 is 10.6 Å². The van der Waals surface area contributed by atoms with Crippen molar-refractivity contribution in [2.45, 2.75) is 63.3 Å². The summed E-state index contributed by atoms with van der Waals surface area (Å²) in [6.45, 7) is 4.85. The first kappa shape index (κ1) is 20.9. The molecule has 7 heteroatoms. The molecule has 0 heterocycles. The number of hydrogen-bond acceptors (Lipinski definition) is 3. The van der Waals surface area contributed by atoms with Crippen LogP contribution in [0.15, 0.2) is 29.2 Å². The van der Waals surface area contributed by atoms with E-state index in [-0.39, 0.29) is 10.8 Å². The number of quaternary nitrogens is 1. The van der Waals surface area contributed by atoms with Gasteiger partial charge in [-0.15, -0.1) is 0 Å². The van der Waals surface area contributed by atoms with E-state index in [1.807, 2.05) is 13.8 Å². The Kier molecular flexibility index (Phi) is 8.06. The van der Waals surface area contributed by atoms with Crippen molar-refractivity contribution >= 4 is 21.6 Å². The molecule has 0 radical (unpaired) electrons. The fraction of sp³-hybridized carbons (Fsp3) is 0.632. The Morgan fingerprint density at radius 3 is 2.42 bits per heavy atom. The summed E-state index contributed by atoms with van der Waals surface area (Å²) in [4.78, 5) is 12.5. The topological polar surface area (TPSA) is 83.1 Å². The van der Waals surface area contributed by atoms with Gasteiger partial charge in [0.1, 0.15) is 0 Å². The summed E-state index contributed by atoms with van der Waals surface area (Å²) < 4.78 is 26.6. The molecule has 146 valence electrons. The Morgan fingerprint density at radius 1 is 1.15 bits per heavy atom. The molecule has 1 aromatic carbocycles. The van der Waals surface area contributed by atoms with Crippen LogP contribution in [0.1, 0.15) is 52.4 Å². The predicted octanol–water partition coefficient (Wildman–Crippen LogP) is 1.94. The summed E-state index contributed by atoms with van der Waals surface area (Å²) in [7, 11) is -3.52. The molecule has 1 aliphatic rings. The molecule has 0 saturated heterocycles. The maximum Gasteiger partial charge on any atom is 0.279 e. The second-order valence-electron chi connectivity index (χ2n) is 6.86. The molecule has 3 N–H and O–H groups in total. The molecular weight excluding hydrogens is 350 g/mol. The first-order valence-corrected chi connectivity index (χ1v) is 11.1. The summed E-state index contributed by atoms with van der Waals surface area (Å²) in [6.07, 6.45) is 7.42. The third-order valence-electron chi connectivity index (χ3n) is 5.00. The van der Waals surface area contributed by atoms with Crippen LogP contribution in [0.25, 0.3) is 0 Å². The van der Waals surface area contributed by atoms with Crippen LogP contribution < -0.4 is 10.6 Å². The number of carbonyl (C=O) groups is 1. The molecule has 0 spiro atoms. The van der Waals surface area contributed by atoms with E-state index in [2.05, 4.69) is 10.6 Å². The minimum Gasteiger partial charge on any atom is -0.336 e. The maximum absolute atomic E-state index is 12.6. The monoisotopic (exact) mass is 382 g/mol. The smallest absolute Gasteiger partial charge is 0.279 e. The number of nitrogens with one attached hydrogen (secondary N) is 1. The number of sulfonamides is 1. The van der Waals surface area contributed by atoms with Crippen molar-refractivity contribution in [2.75, 3.05) is 25.0 Å². The van der Waals surface area contributed by atoms with Gasteiger partial charge in [0.2, 0.25) is 10.0 Å². The lowest BCUT2D eigenvalue weighted by molar-refractivity contribution is -0.680. The highest BCUT2D eigenvalue weighted by molar-refractivity contribution is 7.89. The van der Waals surface area contributed by atoms with Crippen molar-refractivity contribution in [3.05, 3.63) is 24.3 Å². The molecule has 0 bridgehead atoms. The van der Waals surface area contributed by atoms with Crippen LogP contribution in [0.3, 0.4) is 0 Å². The second-order valence-corrected chi connectivity index (χ2v) is 8.79. The summed E-state index contributed by atoms with van der Waals surface area (Å²) in [6, 6.07) is 7.03. The van der Waals surface area contributed by atoms with E-state index in [0.717, 1.165) is 0 Å². The van der Waals surface area contributed by atoms with Gasteiger partial charge in [-0.1, -0.05) is 32.8 Å². The van der Waals surface area contributed by atoms with Gasteiger partial charge in [-0.05, 0) is 43.9 Å². The first-order valence-electron chi connectivity index (χ1n) is 9.70.